The lowest BCUT2D eigenvalue weighted by Gasteiger charge is -2.34. The van der Waals surface area contributed by atoms with Crippen molar-refractivity contribution in [3.05, 3.63) is 15.9 Å². The fraction of sp³-hybridized carbons (Fsp3) is 0.643. The maximum Gasteiger partial charge on any atom is 0.252 e. The van der Waals surface area contributed by atoms with Crippen LogP contribution in [0.1, 0.15) is 12.8 Å². The second-order valence-corrected chi connectivity index (χ2v) is 10.4. The Hall–Kier alpha value is -0.480. The van der Waals surface area contributed by atoms with Crippen molar-refractivity contribution < 1.29 is 13.2 Å². The van der Waals surface area contributed by atoms with E-state index >= 15 is 0 Å². The van der Waals surface area contributed by atoms with Gasteiger partial charge in [0.05, 0.1) is 3.79 Å². The van der Waals surface area contributed by atoms with Gasteiger partial charge in [-0.15, -0.1) is 11.3 Å². The normalized spacial score (nSPS) is 21.3. The van der Waals surface area contributed by atoms with Crippen molar-refractivity contribution in [3.63, 3.8) is 0 Å². The molecular formula is C14H20BrN3O3S2. The van der Waals surface area contributed by atoms with Crippen LogP contribution in [0, 0.1) is 0 Å². The Balaban J connectivity index is 1.51. The number of carbonyl (C=O) groups excluding carboxylic acids is 1. The van der Waals surface area contributed by atoms with Gasteiger partial charge in [-0.05, 0) is 34.5 Å². The Morgan fingerprint density at radius 1 is 1.09 bits per heavy atom. The minimum atomic E-state index is -3.37. The number of sulfonamides is 1. The maximum absolute atomic E-state index is 12.6. The highest BCUT2D eigenvalue weighted by molar-refractivity contribution is 9.11. The molecule has 0 spiro atoms. The summed E-state index contributed by atoms with van der Waals surface area (Å²) in [6.45, 7) is 4.88. The van der Waals surface area contributed by atoms with E-state index in [2.05, 4.69) is 20.8 Å². The summed E-state index contributed by atoms with van der Waals surface area (Å²) >= 11 is 4.56. The highest BCUT2D eigenvalue weighted by Gasteiger charge is 2.30. The third kappa shape index (κ3) is 3.96. The van der Waals surface area contributed by atoms with Crippen molar-refractivity contribution >= 4 is 43.2 Å². The third-order valence-electron chi connectivity index (χ3n) is 4.33. The second-order valence-electron chi connectivity index (χ2n) is 5.79. The number of carbonyl (C=O) groups is 1. The van der Waals surface area contributed by atoms with E-state index in [-0.39, 0.29) is 5.91 Å². The molecule has 0 radical (unpaired) electrons. The Morgan fingerprint density at radius 2 is 1.83 bits per heavy atom. The summed E-state index contributed by atoms with van der Waals surface area (Å²) in [6, 6.07) is 3.41. The van der Waals surface area contributed by atoms with Crippen molar-refractivity contribution in [3.8, 4) is 0 Å². The number of likely N-dealkylation sites (tertiary alicyclic amines) is 1. The lowest BCUT2D eigenvalue weighted by atomic mass is 10.3. The van der Waals surface area contributed by atoms with Gasteiger partial charge in [-0.1, -0.05) is 0 Å². The van der Waals surface area contributed by atoms with Crippen LogP contribution >= 0.6 is 27.3 Å². The van der Waals surface area contributed by atoms with E-state index in [4.69, 9.17) is 0 Å². The Bertz CT molecular complexity index is 669. The first-order chi connectivity index (χ1) is 11.0. The van der Waals surface area contributed by atoms with E-state index in [0.717, 1.165) is 29.8 Å². The van der Waals surface area contributed by atoms with E-state index in [9.17, 15) is 13.2 Å². The smallest absolute Gasteiger partial charge is 0.252 e. The molecule has 0 aliphatic carbocycles. The molecule has 9 heteroatoms. The molecular weight excluding hydrogens is 402 g/mol. The fourth-order valence-electron chi connectivity index (χ4n) is 2.96. The van der Waals surface area contributed by atoms with Gasteiger partial charge in [0.15, 0.2) is 0 Å². The summed E-state index contributed by atoms with van der Waals surface area (Å²) in [5.41, 5.74) is 0. The quantitative estimate of drug-likeness (QED) is 0.721. The van der Waals surface area contributed by atoms with Crippen LogP contribution in [0.3, 0.4) is 0 Å². The van der Waals surface area contributed by atoms with Gasteiger partial charge >= 0.3 is 0 Å². The lowest BCUT2D eigenvalue weighted by Crippen LogP contribution is -2.50. The summed E-state index contributed by atoms with van der Waals surface area (Å²) in [7, 11) is -3.37. The molecule has 1 aromatic heterocycles. The first-order valence-corrected chi connectivity index (χ1v) is 10.8. The maximum atomic E-state index is 12.6. The van der Waals surface area contributed by atoms with Crippen LogP contribution in [0.5, 0.6) is 0 Å². The van der Waals surface area contributed by atoms with E-state index < -0.39 is 10.0 Å². The average molecular weight is 422 g/mol. The molecule has 3 rings (SSSR count). The van der Waals surface area contributed by atoms with Gasteiger partial charge in [-0.25, -0.2) is 8.42 Å². The molecule has 23 heavy (non-hydrogen) atoms. The van der Waals surface area contributed by atoms with Crippen LogP contribution in [0.15, 0.2) is 20.1 Å². The van der Waals surface area contributed by atoms with Gasteiger partial charge in [0.1, 0.15) is 4.21 Å². The Kier molecular flexibility index (Phi) is 5.42. The Labute approximate surface area is 149 Å². The van der Waals surface area contributed by atoms with Gasteiger partial charge < -0.3 is 4.90 Å². The summed E-state index contributed by atoms with van der Waals surface area (Å²) in [4.78, 5) is 15.8. The van der Waals surface area contributed by atoms with Crippen LogP contribution < -0.4 is 0 Å². The van der Waals surface area contributed by atoms with Crippen molar-refractivity contribution in [2.24, 2.45) is 0 Å². The molecule has 2 aliphatic rings. The van der Waals surface area contributed by atoms with Crippen LogP contribution in [-0.2, 0) is 14.8 Å². The first kappa shape index (κ1) is 17.3. The summed E-state index contributed by atoms with van der Waals surface area (Å²) in [5.74, 6) is 0.245. The van der Waals surface area contributed by atoms with Crippen LogP contribution in [0.25, 0.3) is 0 Å². The minimum absolute atomic E-state index is 0.245. The topological polar surface area (TPSA) is 60.9 Å². The molecule has 0 saturated carbocycles. The largest absolute Gasteiger partial charge is 0.341 e. The third-order valence-corrected chi connectivity index (χ3v) is 8.32. The number of halogens is 1. The number of hydrogen-bond donors (Lipinski definition) is 0. The first-order valence-electron chi connectivity index (χ1n) is 7.72. The summed E-state index contributed by atoms with van der Waals surface area (Å²) in [5, 5.41) is 0. The zero-order valence-electron chi connectivity index (χ0n) is 12.8. The molecule has 0 N–H and O–H groups in total. The van der Waals surface area contributed by atoms with Crippen molar-refractivity contribution in [1.82, 2.24) is 14.1 Å². The number of nitrogens with zero attached hydrogens (tertiary/aromatic N) is 3. The van der Waals surface area contributed by atoms with Gasteiger partial charge in [0.2, 0.25) is 5.91 Å². The predicted molar refractivity (Wildman–Crippen MR) is 93.0 cm³/mol. The average Bonchev–Trinajstić information content (AvgIpc) is 3.14. The molecule has 0 atom stereocenters. The predicted octanol–water partition coefficient (Wildman–Crippen LogP) is 1.44. The molecule has 0 unspecified atom stereocenters. The van der Waals surface area contributed by atoms with E-state index in [1.807, 2.05) is 4.90 Å². The molecule has 0 bridgehead atoms. The van der Waals surface area contributed by atoms with Crippen LogP contribution in [-0.4, -0.2) is 74.2 Å². The minimum Gasteiger partial charge on any atom is -0.341 e. The summed E-state index contributed by atoms with van der Waals surface area (Å²) < 4.78 is 27.9. The zero-order valence-corrected chi connectivity index (χ0v) is 16.0. The van der Waals surface area contributed by atoms with Gasteiger partial charge in [0, 0.05) is 52.2 Å². The molecule has 3 heterocycles. The molecule has 2 saturated heterocycles. The summed E-state index contributed by atoms with van der Waals surface area (Å²) in [6.07, 6.45) is 1.63. The van der Waals surface area contributed by atoms with Crippen molar-refractivity contribution in [2.45, 2.75) is 17.1 Å². The fourth-order valence-corrected chi connectivity index (χ4v) is 6.55. The molecule has 1 amide bonds. The highest BCUT2D eigenvalue weighted by atomic mass is 79.9. The zero-order chi connectivity index (χ0) is 16.4. The monoisotopic (exact) mass is 421 g/mol. The second kappa shape index (κ2) is 7.18. The molecule has 2 aliphatic heterocycles. The molecule has 0 aromatic carbocycles. The van der Waals surface area contributed by atoms with E-state index in [1.165, 1.54) is 11.3 Å². The number of thiophene rings is 1. The molecule has 6 nitrogen and oxygen atoms in total. The SMILES string of the molecule is O=C1CCCN1CCN1CCN(S(=O)(=O)c2ccc(Br)s2)CC1. The highest BCUT2D eigenvalue weighted by Crippen LogP contribution is 2.28. The van der Waals surface area contributed by atoms with Gasteiger partial charge in [-0.3, -0.25) is 9.69 Å². The standard InChI is InChI=1S/C14H20BrN3O3S2/c15-12-3-4-14(22-12)23(20,21)18-10-7-16(8-11-18)6-9-17-5-1-2-13(17)19/h3-4H,1-2,5-11H2. The molecule has 1 aromatic rings. The van der Waals surface area contributed by atoms with E-state index in [0.29, 0.717) is 36.8 Å². The molecule has 2 fully saturated rings. The lowest BCUT2D eigenvalue weighted by molar-refractivity contribution is -0.127. The number of piperazine rings is 1. The number of amides is 1. The van der Waals surface area contributed by atoms with Crippen LogP contribution in [0.2, 0.25) is 0 Å². The van der Waals surface area contributed by atoms with Crippen molar-refractivity contribution in [2.75, 3.05) is 45.8 Å². The van der Waals surface area contributed by atoms with E-state index in [1.54, 1.807) is 16.4 Å². The number of hydrogen-bond acceptors (Lipinski definition) is 5. The van der Waals surface area contributed by atoms with Crippen molar-refractivity contribution in [1.29, 1.82) is 0 Å². The van der Waals surface area contributed by atoms with Gasteiger partial charge in [0.25, 0.3) is 10.0 Å². The molecule has 128 valence electrons. The van der Waals surface area contributed by atoms with Gasteiger partial charge in [-0.2, -0.15) is 4.31 Å². The van der Waals surface area contributed by atoms with Crippen LogP contribution in [0.4, 0.5) is 0 Å². The number of rotatable bonds is 5. The Morgan fingerprint density at radius 3 is 2.39 bits per heavy atom.